The number of nitriles is 1. The van der Waals surface area contributed by atoms with Crippen molar-refractivity contribution >= 4 is 12.0 Å². The summed E-state index contributed by atoms with van der Waals surface area (Å²) in [5.74, 6) is 0. The fraction of sp³-hybridized carbons (Fsp3) is 0.111. The number of hydrogen-bond donors (Lipinski definition) is 1. The minimum absolute atomic E-state index is 0.637. The largest absolute Gasteiger partial charge is 0.370 e. The van der Waals surface area contributed by atoms with Crippen LogP contribution in [0, 0.1) is 11.3 Å². The summed E-state index contributed by atoms with van der Waals surface area (Å²) in [5.41, 5.74) is 1.42. The Morgan fingerprint density at radius 3 is 2.50 bits per heavy atom. The molecule has 0 aromatic heterocycles. The van der Waals surface area contributed by atoms with E-state index in [4.69, 9.17) is 5.26 Å². The third-order valence-corrected chi connectivity index (χ3v) is 1.29. The molecule has 1 N–H and O–H groups in total. The van der Waals surface area contributed by atoms with E-state index < -0.39 is 0 Å². The van der Waals surface area contributed by atoms with Gasteiger partial charge >= 0.3 is 0 Å². The predicted molar refractivity (Wildman–Crippen MR) is 47.3 cm³/mol. The number of rotatable bonds is 2. The third-order valence-electron chi connectivity index (χ3n) is 1.29. The molecule has 0 spiro atoms. The lowest BCUT2D eigenvalue weighted by molar-refractivity contribution is 1.21. The normalized spacial score (nSPS) is 9.67. The van der Waals surface area contributed by atoms with Gasteiger partial charge in [0.2, 0.25) is 0 Å². The first-order valence-electron chi connectivity index (χ1n) is 3.49. The Kier molecular flexibility index (Phi) is 2.86. The highest BCUT2D eigenvalue weighted by molar-refractivity contribution is 5.60. The highest BCUT2D eigenvalue weighted by Crippen LogP contribution is 2.10. The molecule has 1 aromatic rings. The van der Waals surface area contributed by atoms with Crippen LogP contribution in [0.1, 0.15) is 5.56 Å². The monoisotopic (exact) mass is 158 g/mol. The molecule has 0 saturated carbocycles. The first kappa shape index (κ1) is 8.28. The average Bonchev–Trinajstić information content (AvgIpc) is 2.15. The van der Waals surface area contributed by atoms with Gasteiger partial charge < -0.3 is 5.32 Å². The van der Waals surface area contributed by atoms with Crippen LogP contribution in [0.5, 0.6) is 0 Å². The van der Waals surface area contributed by atoms with Crippen molar-refractivity contribution in [3.05, 3.63) is 29.8 Å². The molecular formula is C9H8N3. The molecule has 1 rings (SSSR count). The Hall–Kier alpha value is -1.82. The smallest absolute Gasteiger partial charge is 0.169 e. The van der Waals surface area contributed by atoms with E-state index in [0.717, 1.165) is 5.69 Å². The second kappa shape index (κ2) is 4.14. The van der Waals surface area contributed by atoms with E-state index >= 15 is 0 Å². The van der Waals surface area contributed by atoms with Gasteiger partial charge in [0.05, 0.1) is 17.3 Å². The molecule has 0 heterocycles. The Morgan fingerprint density at radius 2 is 2.00 bits per heavy atom. The third kappa shape index (κ3) is 2.10. The highest BCUT2D eigenvalue weighted by atomic mass is 14.9. The van der Waals surface area contributed by atoms with Gasteiger partial charge in [0.25, 0.3) is 0 Å². The molecule has 12 heavy (non-hydrogen) atoms. The molecule has 0 amide bonds. The van der Waals surface area contributed by atoms with E-state index in [1.807, 2.05) is 6.07 Å². The van der Waals surface area contributed by atoms with Crippen LogP contribution in [-0.4, -0.2) is 13.4 Å². The number of benzene rings is 1. The molecule has 0 fully saturated rings. The van der Waals surface area contributed by atoms with Crippen molar-refractivity contribution in [2.75, 3.05) is 7.05 Å². The van der Waals surface area contributed by atoms with Crippen LogP contribution in [0.2, 0.25) is 0 Å². The van der Waals surface area contributed by atoms with E-state index in [0.29, 0.717) is 5.56 Å². The topological polar surface area (TPSA) is 48.2 Å². The zero-order valence-electron chi connectivity index (χ0n) is 6.70. The number of nitrogens with one attached hydrogen (secondary N) is 1. The summed E-state index contributed by atoms with van der Waals surface area (Å²) in [5, 5.41) is 11.2. The van der Waals surface area contributed by atoms with Gasteiger partial charge in [-0.3, -0.25) is 0 Å². The molecular weight excluding hydrogens is 150 g/mol. The maximum Gasteiger partial charge on any atom is 0.169 e. The van der Waals surface area contributed by atoms with E-state index in [9.17, 15) is 0 Å². The number of hydrogen-bond acceptors (Lipinski definition) is 2. The van der Waals surface area contributed by atoms with Gasteiger partial charge in [0.15, 0.2) is 6.34 Å². The molecule has 3 nitrogen and oxygen atoms in total. The lowest BCUT2D eigenvalue weighted by Crippen LogP contribution is -1.99. The van der Waals surface area contributed by atoms with Gasteiger partial charge in [-0.05, 0) is 24.3 Å². The van der Waals surface area contributed by atoms with Gasteiger partial charge in [-0.25, -0.2) is 4.99 Å². The molecule has 0 saturated heterocycles. The van der Waals surface area contributed by atoms with Gasteiger partial charge in [-0.15, -0.1) is 0 Å². The highest BCUT2D eigenvalue weighted by Gasteiger charge is 1.89. The van der Waals surface area contributed by atoms with Crippen LogP contribution in [0.25, 0.3) is 0 Å². The van der Waals surface area contributed by atoms with E-state index in [1.54, 1.807) is 31.3 Å². The summed E-state index contributed by atoms with van der Waals surface area (Å²) >= 11 is 0. The van der Waals surface area contributed by atoms with Crippen LogP contribution in [0.3, 0.4) is 0 Å². The van der Waals surface area contributed by atoms with Gasteiger partial charge in [0.1, 0.15) is 0 Å². The molecule has 0 aliphatic heterocycles. The van der Waals surface area contributed by atoms with Gasteiger partial charge in [-0.1, -0.05) is 0 Å². The van der Waals surface area contributed by atoms with Crippen molar-refractivity contribution < 1.29 is 0 Å². The number of aliphatic imine (C=N–C) groups is 1. The first-order chi connectivity index (χ1) is 5.86. The lowest BCUT2D eigenvalue weighted by atomic mass is 10.2. The molecule has 0 atom stereocenters. The molecule has 0 unspecified atom stereocenters. The van der Waals surface area contributed by atoms with Crippen molar-refractivity contribution in [2.24, 2.45) is 4.99 Å². The fourth-order valence-corrected chi connectivity index (χ4v) is 0.731. The van der Waals surface area contributed by atoms with Crippen molar-refractivity contribution in [2.45, 2.75) is 0 Å². The summed E-state index contributed by atoms with van der Waals surface area (Å²) in [6.45, 7) is 0. The van der Waals surface area contributed by atoms with E-state index in [1.165, 1.54) is 0 Å². The number of nitrogens with zero attached hydrogens (tertiary/aromatic N) is 2. The molecule has 3 heteroatoms. The quantitative estimate of drug-likeness (QED) is 0.401. The SMILES string of the molecule is CN[C]=Nc1ccc(C#N)cc1. The van der Waals surface area contributed by atoms with Crippen molar-refractivity contribution in [1.82, 2.24) is 5.32 Å². The summed E-state index contributed by atoms with van der Waals surface area (Å²) in [7, 11) is 1.73. The van der Waals surface area contributed by atoms with Crippen molar-refractivity contribution in [3.63, 3.8) is 0 Å². The predicted octanol–water partition coefficient (Wildman–Crippen LogP) is 1.31. The Morgan fingerprint density at radius 1 is 1.33 bits per heavy atom. The Labute approximate surface area is 71.4 Å². The Bertz CT molecular complexity index is 306. The molecule has 0 bridgehead atoms. The summed E-state index contributed by atoms with van der Waals surface area (Å²) in [4.78, 5) is 3.93. The van der Waals surface area contributed by atoms with E-state index in [2.05, 4.69) is 16.6 Å². The second-order valence-electron chi connectivity index (χ2n) is 2.13. The fourth-order valence-electron chi connectivity index (χ4n) is 0.731. The summed E-state index contributed by atoms with van der Waals surface area (Å²) in [6, 6.07) is 9.00. The first-order valence-corrected chi connectivity index (χ1v) is 3.49. The molecule has 59 valence electrons. The maximum absolute atomic E-state index is 8.50. The molecule has 1 radical (unpaired) electrons. The van der Waals surface area contributed by atoms with Crippen molar-refractivity contribution in [1.29, 1.82) is 5.26 Å². The zero-order valence-corrected chi connectivity index (χ0v) is 6.70. The minimum Gasteiger partial charge on any atom is -0.370 e. The van der Waals surface area contributed by atoms with Crippen LogP contribution >= 0.6 is 0 Å². The molecule has 0 aliphatic rings. The molecule has 0 aliphatic carbocycles. The molecule has 1 aromatic carbocycles. The van der Waals surface area contributed by atoms with Gasteiger partial charge in [-0.2, -0.15) is 5.26 Å². The van der Waals surface area contributed by atoms with Crippen molar-refractivity contribution in [3.8, 4) is 6.07 Å². The van der Waals surface area contributed by atoms with Crippen LogP contribution in [0.15, 0.2) is 29.3 Å². The zero-order chi connectivity index (χ0) is 8.81. The van der Waals surface area contributed by atoms with Crippen LogP contribution in [-0.2, 0) is 0 Å². The average molecular weight is 158 g/mol. The van der Waals surface area contributed by atoms with Gasteiger partial charge in [0, 0.05) is 7.05 Å². The van der Waals surface area contributed by atoms with Crippen LogP contribution < -0.4 is 5.32 Å². The van der Waals surface area contributed by atoms with E-state index in [-0.39, 0.29) is 0 Å². The standard InChI is InChI=1S/C9H8N3/c1-11-7-12-9-4-2-8(6-10)3-5-9/h2-5H,1H3,(H,11,12). The minimum atomic E-state index is 0.637. The lowest BCUT2D eigenvalue weighted by Gasteiger charge is -1.91. The summed E-state index contributed by atoms with van der Waals surface area (Å²) in [6.07, 6.45) is 2.59. The summed E-state index contributed by atoms with van der Waals surface area (Å²) < 4.78 is 0. The van der Waals surface area contributed by atoms with Crippen LogP contribution in [0.4, 0.5) is 5.69 Å². The Balaban J connectivity index is 2.80. The maximum atomic E-state index is 8.50. The second-order valence-corrected chi connectivity index (χ2v) is 2.13.